The van der Waals surface area contributed by atoms with Crippen LogP contribution in [0, 0.1) is 5.92 Å². The Bertz CT molecular complexity index is 605. The normalized spacial score (nSPS) is 16.4. The molecule has 0 aliphatic heterocycles. The summed E-state index contributed by atoms with van der Waals surface area (Å²) in [5.41, 5.74) is 6.96. The lowest BCUT2D eigenvalue weighted by Gasteiger charge is -2.29. The molecule has 1 fully saturated rings. The summed E-state index contributed by atoms with van der Waals surface area (Å²) in [6.07, 6.45) is 2.41. The number of nitrogen functional groups attached to an aromatic ring is 1. The van der Waals surface area contributed by atoms with E-state index >= 15 is 0 Å². The first-order valence-corrected chi connectivity index (χ1v) is 8.19. The van der Waals surface area contributed by atoms with E-state index in [0.717, 1.165) is 0 Å². The molecule has 3 N–H and O–H groups in total. The van der Waals surface area contributed by atoms with E-state index in [1.807, 2.05) is 6.07 Å². The summed E-state index contributed by atoms with van der Waals surface area (Å²) < 4.78 is 25.6. The van der Waals surface area contributed by atoms with E-state index in [1.54, 1.807) is 12.1 Å². The minimum Gasteiger partial charge on any atom is -0.396 e. The summed E-state index contributed by atoms with van der Waals surface area (Å²) >= 11 is 0. The molecule has 2 rings (SSSR count). The number of anilines is 2. The van der Waals surface area contributed by atoms with Crippen molar-refractivity contribution in [1.29, 1.82) is 0 Å². The Morgan fingerprint density at radius 1 is 1.30 bits per heavy atom. The molecule has 1 aliphatic rings. The molecule has 0 heterocycles. The SMILES string of the molecule is CN(C)S(=O)(=O)c1cccc(NC(C)(C)C2CC2)c1N. The summed E-state index contributed by atoms with van der Waals surface area (Å²) in [6.45, 7) is 4.24. The minimum absolute atomic E-state index is 0.0748. The van der Waals surface area contributed by atoms with Gasteiger partial charge in [0.15, 0.2) is 0 Å². The van der Waals surface area contributed by atoms with Crippen LogP contribution in [0.25, 0.3) is 0 Å². The predicted molar refractivity (Wildman–Crippen MR) is 82.2 cm³/mol. The molecule has 0 saturated heterocycles. The van der Waals surface area contributed by atoms with Gasteiger partial charge in [0.25, 0.3) is 0 Å². The number of nitrogens with zero attached hydrogens (tertiary/aromatic N) is 1. The largest absolute Gasteiger partial charge is 0.396 e. The second-order valence-electron chi connectivity index (χ2n) is 6.13. The Kier molecular flexibility index (Phi) is 3.73. The Balaban J connectivity index is 2.38. The Hall–Kier alpha value is -1.27. The smallest absolute Gasteiger partial charge is 0.244 e. The third-order valence-corrected chi connectivity index (χ3v) is 5.75. The van der Waals surface area contributed by atoms with E-state index in [2.05, 4.69) is 19.2 Å². The molecular formula is C14H23N3O2S. The molecule has 0 bridgehead atoms. The molecule has 20 heavy (non-hydrogen) atoms. The lowest BCUT2D eigenvalue weighted by Crippen LogP contribution is -2.34. The van der Waals surface area contributed by atoms with Gasteiger partial charge < -0.3 is 11.1 Å². The molecule has 1 aromatic carbocycles. The summed E-state index contributed by atoms with van der Waals surface area (Å²) in [5.74, 6) is 0.621. The molecule has 0 aromatic heterocycles. The second-order valence-corrected chi connectivity index (χ2v) is 8.25. The summed E-state index contributed by atoms with van der Waals surface area (Å²) in [5, 5.41) is 3.39. The molecule has 0 spiro atoms. The van der Waals surface area contributed by atoms with Crippen LogP contribution in [0.4, 0.5) is 11.4 Å². The Morgan fingerprint density at radius 2 is 1.90 bits per heavy atom. The molecule has 1 aliphatic carbocycles. The number of nitrogens with two attached hydrogens (primary N) is 1. The van der Waals surface area contributed by atoms with E-state index in [4.69, 9.17) is 5.73 Å². The van der Waals surface area contributed by atoms with E-state index in [-0.39, 0.29) is 16.1 Å². The number of sulfonamides is 1. The van der Waals surface area contributed by atoms with Gasteiger partial charge in [-0.15, -0.1) is 0 Å². The van der Waals surface area contributed by atoms with Gasteiger partial charge in [-0.05, 0) is 44.7 Å². The van der Waals surface area contributed by atoms with Crippen molar-refractivity contribution in [2.75, 3.05) is 25.1 Å². The lowest BCUT2D eigenvalue weighted by atomic mass is 9.98. The third kappa shape index (κ3) is 2.76. The lowest BCUT2D eigenvalue weighted by molar-refractivity contribution is 0.494. The molecule has 0 unspecified atom stereocenters. The van der Waals surface area contributed by atoms with Crippen LogP contribution in [0.3, 0.4) is 0 Å². The predicted octanol–water partition coefficient (Wildman–Crippen LogP) is 2.12. The van der Waals surface area contributed by atoms with Gasteiger partial charge in [0.05, 0.1) is 11.4 Å². The van der Waals surface area contributed by atoms with Gasteiger partial charge in [0, 0.05) is 19.6 Å². The summed E-state index contributed by atoms with van der Waals surface area (Å²) in [6, 6.07) is 5.09. The number of hydrogen-bond donors (Lipinski definition) is 2. The van der Waals surface area contributed by atoms with Gasteiger partial charge in [0.2, 0.25) is 10.0 Å². The first-order chi connectivity index (χ1) is 9.16. The van der Waals surface area contributed by atoms with Gasteiger partial charge in [0.1, 0.15) is 4.90 Å². The molecule has 0 radical (unpaired) electrons. The van der Waals surface area contributed by atoms with E-state index in [1.165, 1.54) is 31.2 Å². The second kappa shape index (κ2) is 4.93. The zero-order valence-electron chi connectivity index (χ0n) is 12.5. The van der Waals surface area contributed by atoms with Gasteiger partial charge in [-0.25, -0.2) is 12.7 Å². The Labute approximate surface area is 121 Å². The standard InChI is InChI=1S/C14H23N3O2S/c1-14(2,10-8-9-10)16-11-6-5-7-12(13(11)15)20(18,19)17(3)4/h5-7,10,16H,8-9,15H2,1-4H3. The highest BCUT2D eigenvalue weighted by molar-refractivity contribution is 7.89. The third-order valence-electron chi connectivity index (χ3n) is 3.88. The highest BCUT2D eigenvalue weighted by Gasteiger charge is 2.38. The van der Waals surface area contributed by atoms with Gasteiger partial charge >= 0.3 is 0 Å². The monoisotopic (exact) mass is 297 g/mol. The zero-order chi connectivity index (χ0) is 15.1. The average Bonchev–Trinajstić information content (AvgIpc) is 3.15. The van der Waals surface area contributed by atoms with Crippen molar-refractivity contribution in [3.05, 3.63) is 18.2 Å². The molecule has 5 nitrogen and oxygen atoms in total. The fraction of sp³-hybridized carbons (Fsp3) is 0.571. The number of benzene rings is 1. The van der Waals surface area contributed by atoms with Gasteiger partial charge in [-0.3, -0.25) is 0 Å². The van der Waals surface area contributed by atoms with Crippen molar-refractivity contribution in [3.63, 3.8) is 0 Å². The maximum atomic E-state index is 12.2. The number of rotatable bonds is 5. The molecule has 1 aromatic rings. The maximum Gasteiger partial charge on any atom is 0.244 e. The molecular weight excluding hydrogens is 274 g/mol. The number of nitrogens with one attached hydrogen (secondary N) is 1. The quantitative estimate of drug-likeness (QED) is 0.816. The Morgan fingerprint density at radius 3 is 2.40 bits per heavy atom. The number of para-hydroxylation sites is 1. The van der Waals surface area contributed by atoms with E-state index in [0.29, 0.717) is 11.6 Å². The van der Waals surface area contributed by atoms with Crippen LogP contribution in [0.2, 0.25) is 0 Å². The van der Waals surface area contributed by atoms with Crippen molar-refractivity contribution in [2.45, 2.75) is 37.1 Å². The van der Waals surface area contributed by atoms with E-state index in [9.17, 15) is 8.42 Å². The van der Waals surface area contributed by atoms with Crippen molar-refractivity contribution in [1.82, 2.24) is 4.31 Å². The number of hydrogen-bond acceptors (Lipinski definition) is 4. The van der Waals surface area contributed by atoms with Crippen molar-refractivity contribution in [3.8, 4) is 0 Å². The average molecular weight is 297 g/mol. The zero-order valence-corrected chi connectivity index (χ0v) is 13.3. The fourth-order valence-corrected chi connectivity index (χ4v) is 3.36. The molecule has 6 heteroatoms. The van der Waals surface area contributed by atoms with Gasteiger partial charge in [-0.2, -0.15) is 0 Å². The van der Waals surface area contributed by atoms with Crippen molar-refractivity contribution < 1.29 is 8.42 Å². The van der Waals surface area contributed by atoms with Crippen LogP contribution in [0.15, 0.2) is 23.1 Å². The van der Waals surface area contributed by atoms with Crippen LogP contribution in [0.5, 0.6) is 0 Å². The van der Waals surface area contributed by atoms with Crippen LogP contribution in [0.1, 0.15) is 26.7 Å². The molecule has 1 saturated carbocycles. The van der Waals surface area contributed by atoms with Crippen LogP contribution in [-0.4, -0.2) is 32.4 Å². The van der Waals surface area contributed by atoms with Gasteiger partial charge in [-0.1, -0.05) is 6.07 Å². The highest BCUT2D eigenvalue weighted by atomic mass is 32.2. The summed E-state index contributed by atoms with van der Waals surface area (Å²) in [7, 11) is -0.516. The van der Waals surface area contributed by atoms with Crippen molar-refractivity contribution >= 4 is 21.4 Å². The molecule has 112 valence electrons. The maximum absolute atomic E-state index is 12.2. The minimum atomic E-state index is -3.52. The first kappa shape index (κ1) is 15.1. The molecule has 0 atom stereocenters. The van der Waals surface area contributed by atoms with E-state index < -0.39 is 10.0 Å². The summed E-state index contributed by atoms with van der Waals surface area (Å²) in [4.78, 5) is 0.152. The van der Waals surface area contributed by atoms with Crippen molar-refractivity contribution in [2.24, 2.45) is 5.92 Å². The molecule has 0 amide bonds. The highest BCUT2D eigenvalue weighted by Crippen LogP contribution is 2.42. The van der Waals surface area contributed by atoms with Crippen LogP contribution >= 0.6 is 0 Å². The first-order valence-electron chi connectivity index (χ1n) is 6.75. The van der Waals surface area contributed by atoms with Crippen LogP contribution in [-0.2, 0) is 10.0 Å². The topological polar surface area (TPSA) is 75.4 Å². The fourth-order valence-electron chi connectivity index (χ4n) is 2.33. The van der Waals surface area contributed by atoms with Crippen LogP contribution < -0.4 is 11.1 Å².